The highest BCUT2D eigenvalue weighted by atomic mass is 35.5. The molecular weight excluding hydrogens is 302 g/mol. The minimum absolute atomic E-state index is 0.283. The number of thiocarbonyl (C=S) groups is 1. The third-order valence-corrected chi connectivity index (χ3v) is 3.55. The third-order valence-electron chi connectivity index (χ3n) is 2.12. The van der Waals surface area contributed by atoms with E-state index < -0.39 is 0 Å². The van der Waals surface area contributed by atoms with Gasteiger partial charge in [0.2, 0.25) is 0 Å². The van der Waals surface area contributed by atoms with Gasteiger partial charge in [-0.15, -0.1) is 11.3 Å². The summed E-state index contributed by atoms with van der Waals surface area (Å²) in [7, 11) is 0. The second-order valence-electron chi connectivity index (χ2n) is 3.50. The van der Waals surface area contributed by atoms with Crippen LogP contribution in [0.4, 0.5) is 5.69 Å². The first-order valence-corrected chi connectivity index (χ1v) is 6.93. The molecule has 0 aliphatic heterocycles. The summed E-state index contributed by atoms with van der Waals surface area (Å²) < 4.78 is 0.565. The van der Waals surface area contributed by atoms with Gasteiger partial charge in [0.25, 0.3) is 5.91 Å². The molecule has 3 N–H and O–H groups in total. The molecule has 4 nitrogen and oxygen atoms in total. The van der Waals surface area contributed by atoms with Crippen LogP contribution in [0.2, 0.25) is 4.34 Å². The van der Waals surface area contributed by atoms with Crippen molar-refractivity contribution in [1.82, 2.24) is 10.9 Å². The molecule has 0 atom stereocenters. The summed E-state index contributed by atoms with van der Waals surface area (Å²) in [5.41, 5.74) is 5.96. The number of hydrogen-bond acceptors (Lipinski definition) is 3. The van der Waals surface area contributed by atoms with Gasteiger partial charge in [0.05, 0.1) is 9.21 Å². The number of nitrogens with one attached hydrogen (secondary N) is 3. The standard InChI is InChI=1S/C12H10ClN3OS2/c13-10-7-6-9(19-10)11(17)15-16-12(18)14-8-4-2-1-3-5-8/h1-7H,(H,15,17)(H2,14,16,18). The van der Waals surface area contributed by atoms with E-state index in [1.807, 2.05) is 30.3 Å². The fourth-order valence-electron chi connectivity index (χ4n) is 1.30. The van der Waals surface area contributed by atoms with Gasteiger partial charge < -0.3 is 5.32 Å². The van der Waals surface area contributed by atoms with Crippen molar-refractivity contribution < 1.29 is 4.79 Å². The van der Waals surface area contributed by atoms with Gasteiger partial charge in [-0.1, -0.05) is 29.8 Å². The number of rotatable bonds is 2. The Morgan fingerprint density at radius 1 is 1.11 bits per heavy atom. The molecule has 1 aromatic heterocycles. The first-order chi connectivity index (χ1) is 9.15. The van der Waals surface area contributed by atoms with Crippen molar-refractivity contribution in [2.24, 2.45) is 0 Å². The van der Waals surface area contributed by atoms with E-state index in [4.69, 9.17) is 23.8 Å². The molecule has 0 radical (unpaired) electrons. The lowest BCUT2D eigenvalue weighted by atomic mass is 10.3. The normalized spacial score (nSPS) is 9.74. The second-order valence-corrected chi connectivity index (χ2v) is 5.63. The van der Waals surface area contributed by atoms with Gasteiger partial charge in [0.15, 0.2) is 5.11 Å². The van der Waals surface area contributed by atoms with Gasteiger partial charge in [0.1, 0.15) is 0 Å². The first kappa shape index (κ1) is 13.8. The molecule has 0 saturated carbocycles. The monoisotopic (exact) mass is 311 g/mol. The van der Waals surface area contributed by atoms with Crippen molar-refractivity contribution in [3.63, 3.8) is 0 Å². The predicted molar refractivity (Wildman–Crippen MR) is 82.6 cm³/mol. The highest BCUT2D eigenvalue weighted by molar-refractivity contribution is 7.80. The number of para-hydroxylation sites is 1. The van der Waals surface area contributed by atoms with Crippen LogP contribution < -0.4 is 16.2 Å². The molecule has 98 valence electrons. The number of halogens is 1. The highest BCUT2D eigenvalue weighted by Crippen LogP contribution is 2.20. The van der Waals surface area contributed by atoms with Crippen LogP contribution in [0, 0.1) is 0 Å². The fourth-order valence-corrected chi connectivity index (χ4v) is 2.40. The van der Waals surface area contributed by atoms with E-state index in [-0.39, 0.29) is 5.91 Å². The van der Waals surface area contributed by atoms with E-state index in [2.05, 4.69) is 16.2 Å². The van der Waals surface area contributed by atoms with Crippen LogP contribution in [0.3, 0.4) is 0 Å². The Balaban J connectivity index is 1.82. The molecule has 0 fully saturated rings. The average molecular weight is 312 g/mol. The topological polar surface area (TPSA) is 53.2 Å². The molecule has 0 saturated heterocycles. The smallest absolute Gasteiger partial charge is 0.279 e. The molecule has 0 aliphatic rings. The zero-order valence-corrected chi connectivity index (χ0v) is 12.0. The lowest BCUT2D eigenvalue weighted by molar-refractivity contribution is 0.0948. The number of hydrazine groups is 1. The Morgan fingerprint density at radius 2 is 1.84 bits per heavy atom. The highest BCUT2D eigenvalue weighted by Gasteiger charge is 2.08. The largest absolute Gasteiger partial charge is 0.331 e. The van der Waals surface area contributed by atoms with Gasteiger partial charge >= 0.3 is 0 Å². The van der Waals surface area contributed by atoms with Crippen molar-refractivity contribution >= 4 is 51.9 Å². The Bertz CT molecular complexity index is 586. The van der Waals surface area contributed by atoms with Gasteiger partial charge in [0, 0.05) is 5.69 Å². The summed E-state index contributed by atoms with van der Waals surface area (Å²) in [6.07, 6.45) is 0. The van der Waals surface area contributed by atoms with E-state index >= 15 is 0 Å². The van der Waals surface area contributed by atoms with Crippen molar-refractivity contribution in [3.05, 3.63) is 51.7 Å². The number of thiophene rings is 1. The van der Waals surface area contributed by atoms with Crippen LogP contribution in [0.1, 0.15) is 9.67 Å². The summed E-state index contributed by atoms with van der Waals surface area (Å²) in [6.45, 7) is 0. The Labute approximate surface area is 124 Å². The molecule has 1 amide bonds. The number of anilines is 1. The Morgan fingerprint density at radius 3 is 2.47 bits per heavy atom. The second kappa shape index (κ2) is 6.51. The Kier molecular flexibility index (Phi) is 4.73. The molecule has 1 heterocycles. The SMILES string of the molecule is O=C(NNC(=S)Nc1ccccc1)c1ccc(Cl)s1. The maximum absolute atomic E-state index is 11.7. The molecule has 19 heavy (non-hydrogen) atoms. The van der Waals surface area contributed by atoms with Crippen LogP contribution in [-0.2, 0) is 0 Å². The van der Waals surface area contributed by atoms with Crippen LogP contribution in [0.5, 0.6) is 0 Å². The lowest BCUT2D eigenvalue weighted by Crippen LogP contribution is -2.43. The van der Waals surface area contributed by atoms with Gasteiger partial charge in [-0.2, -0.15) is 0 Å². The number of carbonyl (C=O) groups is 1. The van der Waals surface area contributed by atoms with Crippen molar-refractivity contribution in [2.75, 3.05) is 5.32 Å². The maximum Gasteiger partial charge on any atom is 0.279 e. The lowest BCUT2D eigenvalue weighted by Gasteiger charge is -2.10. The first-order valence-electron chi connectivity index (χ1n) is 5.33. The molecule has 2 rings (SSSR count). The summed E-state index contributed by atoms with van der Waals surface area (Å²) >= 11 is 12.0. The fraction of sp³-hybridized carbons (Fsp3) is 0. The molecule has 0 aliphatic carbocycles. The van der Waals surface area contributed by atoms with Crippen molar-refractivity contribution in [2.45, 2.75) is 0 Å². The summed E-state index contributed by atoms with van der Waals surface area (Å²) in [6, 6.07) is 12.7. The summed E-state index contributed by atoms with van der Waals surface area (Å²) in [4.78, 5) is 12.2. The minimum atomic E-state index is -0.283. The van der Waals surface area contributed by atoms with Crippen LogP contribution >= 0.6 is 35.2 Å². The average Bonchev–Trinajstić information content (AvgIpc) is 2.84. The van der Waals surface area contributed by atoms with Gasteiger partial charge in [-0.3, -0.25) is 15.6 Å². The quantitative estimate of drug-likeness (QED) is 0.589. The molecule has 0 spiro atoms. The van der Waals surface area contributed by atoms with Crippen LogP contribution in [-0.4, -0.2) is 11.0 Å². The number of carbonyl (C=O) groups excluding carboxylic acids is 1. The predicted octanol–water partition coefficient (Wildman–Crippen LogP) is 3.03. The molecule has 0 unspecified atom stereocenters. The summed E-state index contributed by atoms with van der Waals surface area (Å²) in [5.74, 6) is -0.283. The van der Waals surface area contributed by atoms with E-state index in [1.165, 1.54) is 11.3 Å². The number of hydrogen-bond donors (Lipinski definition) is 3. The van der Waals surface area contributed by atoms with E-state index in [9.17, 15) is 4.79 Å². The van der Waals surface area contributed by atoms with Crippen molar-refractivity contribution in [1.29, 1.82) is 0 Å². The molecule has 7 heteroatoms. The minimum Gasteiger partial charge on any atom is -0.331 e. The Hall–Kier alpha value is -1.63. The van der Waals surface area contributed by atoms with Crippen LogP contribution in [0.15, 0.2) is 42.5 Å². The number of amides is 1. The zero-order chi connectivity index (χ0) is 13.7. The molecular formula is C12H10ClN3OS2. The van der Waals surface area contributed by atoms with E-state index in [1.54, 1.807) is 12.1 Å². The molecule has 2 aromatic rings. The number of benzene rings is 1. The van der Waals surface area contributed by atoms with Gasteiger partial charge in [-0.25, -0.2) is 0 Å². The van der Waals surface area contributed by atoms with E-state index in [0.717, 1.165) is 5.69 Å². The zero-order valence-electron chi connectivity index (χ0n) is 9.64. The maximum atomic E-state index is 11.7. The molecule has 0 bridgehead atoms. The molecule has 1 aromatic carbocycles. The van der Waals surface area contributed by atoms with Gasteiger partial charge in [-0.05, 0) is 36.5 Å². The van der Waals surface area contributed by atoms with Crippen LogP contribution in [0.25, 0.3) is 0 Å². The van der Waals surface area contributed by atoms with Crippen molar-refractivity contribution in [3.8, 4) is 0 Å². The third kappa shape index (κ3) is 4.20. The van der Waals surface area contributed by atoms with E-state index in [0.29, 0.717) is 14.3 Å². The summed E-state index contributed by atoms with van der Waals surface area (Å²) in [5, 5.41) is 3.24.